The van der Waals surface area contributed by atoms with Crippen molar-refractivity contribution in [1.29, 1.82) is 0 Å². The highest BCUT2D eigenvalue weighted by Crippen LogP contribution is 2.57. The summed E-state index contributed by atoms with van der Waals surface area (Å²) < 4.78 is 29.8. The van der Waals surface area contributed by atoms with Crippen LogP contribution in [0, 0.1) is 0 Å². The number of aromatic nitrogens is 1. The highest BCUT2D eigenvalue weighted by Gasteiger charge is 2.40. The lowest BCUT2D eigenvalue weighted by Crippen LogP contribution is -2.40. The van der Waals surface area contributed by atoms with Crippen LogP contribution in [0.25, 0.3) is 11.1 Å². The Bertz CT molecular complexity index is 840. The summed E-state index contributed by atoms with van der Waals surface area (Å²) in [7, 11) is -10.3. The topological polar surface area (TPSA) is 131 Å². The van der Waals surface area contributed by atoms with Gasteiger partial charge in [-0.3, -0.25) is 4.57 Å². The average molecular weight is 415 g/mol. The number of ether oxygens (including phenoxy) is 1. The molecule has 0 bridgehead atoms. The molecule has 8 nitrogen and oxygen atoms in total. The maximum Gasteiger partial charge on any atom is 0.343 e. The van der Waals surface area contributed by atoms with Gasteiger partial charge >= 0.3 is 7.60 Å². The zero-order chi connectivity index (χ0) is 20.1. The summed E-state index contributed by atoms with van der Waals surface area (Å²) in [4.78, 5) is 39.0. The van der Waals surface area contributed by atoms with Gasteiger partial charge < -0.3 is 28.9 Å². The van der Waals surface area contributed by atoms with Gasteiger partial charge in [-0.15, -0.1) is 0 Å². The molecule has 3 N–H and O–H groups in total. The van der Waals surface area contributed by atoms with E-state index in [1.165, 1.54) is 10.8 Å². The Morgan fingerprint density at radius 1 is 1.15 bits per heavy atom. The van der Waals surface area contributed by atoms with E-state index in [4.69, 9.17) is 4.74 Å². The second kappa shape index (κ2) is 9.11. The van der Waals surface area contributed by atoms with Gasteiger partial charge in [-0.1, -0.05) is 25.5 Å². The Balaban J connectivity index is 2.26. The van der Waals surface area contributed by atoms with Crippen molar-refractivity contribution in [2.24, 2.45) is 0 Å². The van der Waals surface area contributed by atoms with Gasteiger partial charge in [-0.25, -0.2) is 4.57 Å². The molecule has 2 aromatic rings. The normalized spacial score (nSPS) is 15.1. The molecule has 1 aromatic carbocycles. The molecule has 0 aliphatic rings. The fraction of sp³-hybridized carbons (Fsp3) is 0.353. The van der Waals surface area contributed by atoms with Crippen LogP contribution >= 0.6 is 15.2 Å². The average Bonchev–Trinajstić information content (AvgIpc) is 2.58. The van der Waals surface area contributed by atoms with Crippen LogP contribution in [0.1, 0.15) is 19.8 Å². The summed E-state index contributed by atoms with van der Waals surface area (Å²) in [6.45, 7) is 2.11. The molecule has 0 amide bonds. The van der Waals surface area contributed by atoms with E-state index in [2.05, 4.69) is 6.92 Å². The summed E-state index contributed by atoms with van der Waals surface area (Å²) in [5, 5.41) is -2.20. The Hall–Kier alpha value is -1.53. The summed E-state index contributed by atoms with van der Waals surface area (Å²) in [6.07, 6.45) is 5.00. The Morgan fingerprint density at radius 3 is 2.48 bits per heavy atom. The smallest absolute Gasteiger partial charge is 0.343 e. The molecular formula is C17H23NO7P2. The van der Waals surface area contributed by atoms with Gasteiger partial charge in [0.2, 0.25) is 0 Å². The van der Waals surface area contributed by atoms with E-state index < -0.39 is 27.1 Å². The minimum absolute atomic E-state index is 0.567. The fourth-order valence-corrected chi connectivity index (χ4v) is 4.81. The number of unbranched alkanes of at least 4 members (excludes halogenated alkanes) is 1. The molecule has 2 unspecified atom stereocenters. The largest absolute Gasteiger partial charge is 0.778 e. The number of hydrogen-bond donors (Lipinski definition) is 3. The molecule has 2 rings (SSSR count). The molecule has 0 aliphatic carbocycles. The fourth-order valence-electron chi connectivity index (χ4n) is 2.49. The van der Waals surface area contributed by atoms with Crippen molar-refractivity contribution >= 4 is 15.2 Å². The van der Waals surface area contributed by atoms with Crippen molar-refractivity contribution in [2.75, 3.05) is 6.61 Å². The first-order valence-corrected chi connectivity index (χ1v) is 11.7. The summed E-state index contributed by atoms with van der Waals surface area (Å²) in [5.74, 6) is 0.698. The molecular weight excluding hydrogens is 392 g/mol. The minimum atomic E-state index is -5.23. The van der Waals surface area contributed by atoms with Crippen LogP contribution in [0.15, 0.2) is 48.8 Å². The van der Waals surface area contributed by atoms with Crippen molar-refractivity contribution < 1.29 is 38.0 Å². The summed E-state index contributed by atoms with van der Waals surface area (Å²) >= 11 is 0. The zero-order valence-corrected chi connectivity index (χ0v) is 16.6. The SMILES string of the molecule is CCCCOc1cccc(-c2ccc[n+](CC(P(=O)([O-])O)P(=O)(O)O)c2)c1. The molecule has 1 aromatic heterocycles. The first-order valence-electron chi connectivity index (χ1n) is 8.42. The van der Waals surface area contributed by atoms with Crippen LogP contribution in [-0.4, -0.2) is 26.7 Å². The van der Waals surface area contributed by atoms with Gasteiger partial charge in [0.25, 0.3) is 0 Å². The lowest BCUT2D eigenvalue weighted by Gasteiger charge is -2.25. The minimum Gasteiger partial charge on any atom is -0.778 e. The Kier molecular flexibility index (Phi) is 7.34. The molecule has 2 atom stereocenters. The van der Waals surface area contributed by atoms with Crippen molar-refractivity contribution in [1.82, 2.24) is 0 Å². The number of pyridine rings is 1. The van der Waals surface area contributed by atoms with Crippen molar-refractivity contribution in [2.45, 2.75) is 31.7 Å². The highest BCUT2D eigenvalue weighted by atomic mass is 31.2. The lowest BCUT2D eigenvalue weighted by molar-refractivity contribution is -0.694. The maximum atomic E-state index is 11.4. The van der Waals surface area contributed by atoms with Crippen LogP contribution < -0.4 is 14.2 Å². The lowest BCUT2D eigenvalue weighted by atomic mass is 10.1. The van der Waals surface area contributed by atoms with E-state index in [-0.39, 0.29) is 0 Å². The third kappa shape index (κ3) is 6.54. The number of rotatable bonds is 9. The van der Waals surface area contributed by atoms with Gasteiger partial charge in [0, 0.05) is 11.6 Å². The number of benzene rings is 1. The van der Waals surface area contributed by atoms with E-state index in [0.29, 0.717) is 17.9 Å². The van der Waals surface area contributed by atoms with Gasteiger partial charge in [-0.05, 0) is 30.2 Å². The van der Waals surface area contributed by atoms with Crippen molar-refractivity contribution in [3.8, 4) is 16.9 Å². The molecule has 0 spiro atoms. The highest BCUT2D eigenvalue weighted by molar-refractivity contribution is 7.70. The maximum absolute atomic E-state index is 11.4. The van der Waals surface area contributed by atoms with Gasteiger partial charge in [-0.2, -0.15) is 0 Å². The molecule has 27 heavy (non-hydrogen) atoms. The quantitative estimate of drug-likeness (QED) is 0.324. The zero-order valence-electron chi connectivity index (χ0n) is 14.8. The van der Waals surface area contributed by atoms with Crippen molar-refractivity contribution in [3.05, 3.63) is 48.8 Å². The summed E-state index contributed by atoms with van der Waals surface area (Å²) in [5.41, 5.74) is 1.52. The number of hydrogen-bond acceptors (Lipinski definition) is 4. The van der Waals surface area contributed by atoms with E-state index in [1.54, 1.807) is 18.3 Å². The van der Waals surface area contributed by atoms with Gasteiger partial charge in [0.1, 0.15) is 5.75 Å². The van der Waals surface area contributed by atoms with Crippen molar-refractivity contribution in [3.63, 3.8) is 0 Å². The molecule has 148 valence electrons. The first-order chi connectivity index (χ1) is 12.6. The second-order valence-corrected chi connectivity index (χ2v) is 10.1. The molecule has 0 fully saturated rings. The molecule has 10 heteroatoms. The van der Waals surface area contributed by atoms with Gasteiger partial charge in [0.15, 0.2) is 31.9 Å². The van der Waals surface area contributed by atoms with Crippen LogP contribution in [-0.2, 0) is 15.7 Å². The van der Waals surface area contributed by atoms with E-state index in [1.807, 2.05) is 24.3 Å². The molecule has 1 heterocycles. The van der Waals surface area contributed by atoms with Crippen LogP contribution in [0.3, 0.4) is 0 Å². The molecule has 0 saturated carbocycles. The van der Waals surface area contributed by atoms with E-state index in [0.717, 1.165) is 18.4 Å². The van der Waals surface area contributed by atoms with E-state index in [9.17, 15) is 28.7 Å². The standard InChI is InChI=1S/C17H23NO7P2/c1-2-3-10-25-16-8-4-6-14(11-16)15-7-5-9-18(12-15)13-17(26(19,20)21)27(22,23)24/h4-9,11-12,17H,2-3,10,13H2,1H3,(H3-,19,20,21,22,23,24). The third-order valence-corrected chi connectivity index (χ3v) is 7.57. The predicted octanol–water partition coefficient (Wildman–Crippen LogP) is 1.87. The van der Waals surface area contributed by atoms with Crippen LogP contribution in [0.4, 0.5) is 0 Å². The van der Waals surface area contributed by atoms with Crippen LogP contribution in [0.2, 0.25) is 0 Å². The van der Waals surface area contributed by atoms with Crippen LogP contribution in [0.5, 0.6) is 5.75 Å². The first kappa shape index (κ1) is 21.8. The molecule has 0 aliphatic heterocycles. The summed E-state index contributed by atoms with van der Waals surface area (Å²) in [6, 6.07) is 10.7. The monoisotopic (exact) mass is 415 g/mol. The third-order valence-electron chi connectivity index (χ3n) is 3.93. The predicted molar refractivity (Wildman–Crippen MR) is 98.1 cm³/mol. The number of nitrogens with zero attached hydrogens (tertiary/aromatic N) is 1. The Labute approximate surface area is 157 Å². The van der Waals surface area contributed by atoms with Gasteiger partial charge in [0.05, 0.1) is 6.61 Å². The Morgan fingerprint density at radius 2 is 1.85 bits per heavy atom. The molecule has 0 saturated heterocycles. The van der Waals surface area contributed by atoms with E-state index >= 15 is 0 Å². The second-order valence-electron chi connectivity index (χ2n) is 6.15. The molecule has 0 radical (unpaired) electrons.